The van der Waals surface area contributed by atoms with Crippen LogP contribution in [0.2, 0.25) is 0 Å². The van der Waals surface area contributed by atoms with Crippen molar-refractivity contribution in [3.05, 3.63) is 34.8 Å². The van der Waals surface area contributed by atoms with Gasteiger partial charge in [0.25, 0.3) is 0 Å². The molecule has 0 radical (unpaired) electrons. The van der Waals surface area contributed by atoms with Crippen molar-refractivity contribution in [2.45, 2.75) is 39.3 Å². The van der Waals surface area contributed by atoms with Crippen molar-refractivity contribution in [2.75, 3.05) is 6.54 Å². The van der Waals surface area contributed by atoms with E-state index in [0.717, 1.165) is 16.0 Å². The lowest BCUT2D eigenvalue weighted by Crippen LogP contribution is -2.44. The van der Waals surface area contributed by atoms with E-state index < -0.39 is 5.60 Å². The highest BCUT2D eigenvalue weighted by molar-refractivity contribution is 5.68. The van der Waals surface area contributed by atoms with Crippen LogP contribution >= 0.6 is 0 Å². The summed E-state index contributed by atoms with van der Waals surface area (Å²) in [5, 5.41) is 11.6. The third-order valence-electron chi connectivity index (χ3n) is 2.79. The number of carbonyl (C=O) groups excluding carboxylic acids is 1. The van der Waals surface area contributed by atoms with E-state index >= 15 is 0 Å². The number of rotatable bonds is 0. The molecule has 2 rings (SSSR count). The first kappa shape index (κ1) is 12.7. The molecule has 0 unspecified atom stereocenters. The fourth-order valence-corrected chi connectivity index (χ4v) is 1.99. The first-order valence-corrected chi connectivity index (χ1v) is 6.05. The summed E-state index contributed by atoms with van der Waals surface area (Å²) in [6.07, 6.45) is 1.73. The zero-order chi connectivity index (χ0) is 13.3. The lowest BCUT2D eigenvalue weighted by molar-refractivity contribution is -0.615. The number of nitrogens with zero attached hydrogens (tertiary/aromatic N) is 2. The summed E-state index contributed by atoms with van der Waals surface area (Å²) in [6.45, 7) is 6.48. The van der Waals surface area contributed by atoms with E-state index in [1.165, 1.54) is 6.20 Å². The maximum Gasteiger partial charge on any atom is 0.410 e. The molecule has 0 aliphatic carbocycles. The quantitative estimate of drug-likeness (QED) is 0.519. The largest absolute Gasteiger partial charge is 0.618 e. The van der Waals surface area contributed by atoms with Crippen molar-refractivity contribution >= 4 is 6.09 Å². The van der Waals surface area contributed by atoms with Crippen molar-refractivity contribution in [1.29, 1.82) is 0 Å². The Labute approximate surface area is 107 Å². The van der Waals surface area contributed by atoms with E-state index in [1.807, 2.05) is 26.8 Å². The van der Waals surface area contributed by atoms with Crippen molar-refractivity contribution < 1.29 is 14.3 Å². The van der Waals surface area contributed by atoms with Crippen LogP contribution < -0.4 is 4.73 Å². The van der Waals surface area contributed by atoms with Crippen molar-refractivity contribution in [1.82, 2.24) is 4.90 Å². The third-order valence-corrected chi connectivity index (χ3v) is 2.79. The van der Waals surface area contributed by atoms with Gasteiger partial charge in [-0.1, -0.05) is 0 Å². The summed E-state index contributed by atoms with van der Waals surface area (Å²) in [6, 6.07) is 3.57. The maximum absolute atomic E-state index is 11.9. The Morgan fingerprint density at radius 2 is 2.22 bits per heavy atom. The van der Waals surface area contributed by atoms with Crippen LogP contribution in [0.1, 0.15) is 32.0 Å². The third kappa shape index (κ3) is 2.72. The summed E-state index contributed by atoms with van der Waals surface area (Å²) in [5.41, 5.74) is 1.15. The monoisotopic (exact) mass is 250 g/mol. The van der Waals surface area contributed by atoms with Gasteiger partial charge in [-0.3, -0.25) is 0 Å². The Morgan fingerprint density at radius 1 is 1.50 bits per heavy atom. The van der Waals surface area contributed by atoms with Crippen molar-refractivity contribution in [3.8, 4) is 0 Å². The molecule has 0 atom stereocenters. The minimum absolute atomic E-state index is 0.325. The molecule has 98 valence electrons. The second-order valence-corrected chi connectivity index (χ2v) is 5.46. The van der Waals surface area contributed by atoms with Crippen LogP contribution in [0.4, 0.5) is 4.79 Å². The molecular formula is C13H18N2O3. The highest BCUT2D eigenvalue weighted by atomic mass is 16.6. The second-order valence-electron chi connectivity index (χ2n) is 5.46. The molecule has 1 aliphatic heterocycles. The van der Waals surface area contributed by atoms with Gasteiger partial charge in [0, 0.05) is 18.2 Å². The van der Waals surface area contributed by atoms with Gasteiger partial charge < -0.3 is 14.8 Å². The van der Waals surface area contributed by atoms with Gasteiger partial charge in [0.1, 0.15) is 5.60 Å². The molecule has 0 aromatic carbocycles. The molecule has 0 bridgehead atoms. The van der Waals surface area contributed by atoms with Gasteiger partial charge in [-0.15, -0.1) is 0 Å². The lowest BCUT2D eigenvalue weighted by Gasteiger charge is -2.30. The van der Waals surface area contributed by atoms with Gasteiger partial charge in [-0.25, -0.2) is 4.79 Å². The number of aromatic nitrogens is 1. The minimum Gasteiger partial charge on any atom is -0.618 e. The van der Waals surface area contributed by atoms with Gasteiger partial charge in [-0.2, -0.15) is 4.73 Å². The summed E-state index contributed by atoms with van der Waals surface area (Å²) in [5.74, 6) is 0. The average molecular weight is 250 g/mol. The molecule has 0 spiro atoms. The first-order valence-electron chi connectivity index (χ1n) is 6.05. The molecule has 18 heavy (non-hydrogen) atoms. The highest BCUT2D eigenvalue weighted by Gasteiger charge is 2.28. The zero-order valence-corrected chi connectivity index (χ0v) is 11.0. The number of hydrogen-bond acceptors (Lipinski definition) is 3. The second kappa shape index (κ2) is 4.48. The SMILES string of the molecule is CC(C)(C)OC(=O)N1CCc2c(ccc[n+]2[O-])C1. The molecule has 1 aromatic heterocycles. The number of fused-ring (bicyclic) bond motifs is 1. The van der Waals surface area contributed by atoms with E-state index in [-0.39, 0.29) is 6.09 Å². The predicted molar refractivity (Wildman–Crippen MR) is 65.8 cm³/mol. The molecule has 1 aromatic rings. The normalized spacial score (nSPS) is 15.2. The van der Waals surface area contributed by atoms with Gasteiger partial charge in [0.05, 0.1) is 13.0 Å². The summed E-state index contributed by atoms with van der Waals surface area (Å²) in [4.78, 5) is 13.6. The molecule has 0 fully saturated rings. The molecule has 5 nitrogen and oxygen atoms in total. The molecule has 0 N–H and O–H groups in total. The van der Waals surface area contributed by atoms with Crippen LogP contribution in [0.15, 0.2) is 18.3 Å². The summed E-state index contributed by atoms with van der Waals surface area (Å²) in [7, 11) is 0. The molecular weight excluding hydrogens is 232 g/mol. The number of hydrogen-bond donors (Lipinski definition) is 0. The minimum atomic E-state index is -0.494. The van der Waals surface area contributed by atoms with Gasteiger partial charge in [0.15, 0.2) is 11.9 Å². The number of ether oxygens (including phenoxy) is 1. The topological polar surface area (TPSA) is 56.5 Å². The summed E-state index contributed by atoms with van der Waals surface area (Å²) < 4.78 is 6.20. The van der Waals surface area contributed by atoms with Crippen LogP contribution in [0.3, 0.4) is 0 Å². The van der Waals surface area contributed by atoms with E-state index in [1.54, 1.807) is 11.0 Å². The van der Waals surface area contributed by atoms with Crippen LogP contribution in [0, 0.1) is 5.21 Å². The Kier molecular flexibility index (Phi) is 3.15. The van der Waals surface area contributed by atoms with Gasteiger partial charge >= 0.3 is 6.09 Å². The molecule has 1 amide bonds. The Hall–Kier alpha value is -1.78. The number of pyridine rings is 1. The number of amides is 1. The predicted octanol–water partition coefficient (Wildman–Crippen LogP) is 1.61. The smallest absolute Gasteiger partial charge is 0.410 e. The van der Waals surface area contributed by atoms with Gasteiger partial charge in [0.2, 0.25) is 0 Å². The van der Waals surface area contributed by atoms with Crippen LogP contribution in [-0.2, 0) is 17.7 Å². The Bertz CT molecular complexity index is 466. The maximum atomic E-state index is 11.9. The molecule has 2 heterocycles. The van der Waals surface area contributed by atoms with E-state index in [2.05, 4.69) is 0 Å². The van der Waals surface area contributed by atoms with E-state index in [9.17, 15) is 10.0 Å². The lowest BCUT2D eigenvalue weighted by atomic mass is 10.1. The van der Waals surface area contributed by atoms with Crippen LogP contribution in [0.5, 0.6) is 0 Å². The fourth-order valence-electron chi connectivity index (χ4n) is 1.99. The van der Waals surface area contributed by atoms with Crippen molar-refractivity contribution in [2.24, 2.45) is 0 Å². The zero-order valence-electron chi connectivity index (χ0n) is 11.0. The van der Waals surface area contributed by atoms with E-state index in [4.69, 9.17) is 4.74 Å². The first-order chi connectivity index (χ1) is 8.37. The van der Waals surface area contributed by atoms with Crippen LogP contribution in [0.25, 0.3) is 0 Å². The summed E-state index contributed by atoms with van der Waals surface area (Å²) >= 11 is 0. The Balaban J connectivity index is 2.11. The highest BCUT2D eigenvalue weighted by Crippen LogP contribution is 2.18. The fraction of sp³-hybridized carbons (Fsp3) is 0.538. The standard InChI is InChI=1S/C13H18N2O3/c1-13(2,3)18-12(16)14-8-6-11-10(9-14)5-4-7-15(11)17/h4-5,7H,6,8-9H2,1-3H3. The Morgan fingerprint density at radius 3 is 2.89 bits per heavy atom. The van der Waals surface area contributed by atoms with Crippen molar-refractivity contribution in [3.63, 3.8) is 0 Å². The molecule has 0 saturated heterocycles. The molecule has 5 heteroatoms. The van der Waals surface area contributed by atoms with E-state index in [0.29, 0.717) is 19.5 Å². The average Bonchev–Trinajstić information content (AvgIpc) is 2.26. The molecule has 1 aliphatic rings. The van der Waals surface area contributed by atoms with Gasteiger partial charge in [-0.05, 0) is 26.8 Å². The number of carbonyl (C=O) groups is 1. The van der Waals surface area contributed by atoms with Crippen LogP contribution in [-0.4, -0.2) is 23.1 Å². The molecule has 0 saturated carbocycles.